The number of nitrogens with one attached hydrogen (secondary N) is 1. The van der Waals surface area contributed by atoms with Gasteiger partial charge in [-0.15, -0.1) is 0 Å². The summed E-state index contributed by atoms with van der Waals surface area (Å²) in [6, 6.07) is 22.4. The maximum absolute atomic E-state index is 13.3. The number of para-hydroxylation sites is 1. The molecule has 1 heterocycles. The third-order valence-electron chi connectivity index (χ3n) is 5.26. The van der Waals surface area contributed by atoms with Crippen molar-refractivity contribution in [2.75, 3.05) is 11.9 Å². The normalized spacial score (nSPS) is 16.9. The van der Waals surface area contributed by atoms with Crippen LogP contribution >= 0.6 is 11.8 Å². The van der Waals surface area contributed by atoms with Crippen molar-refractivity contribution in [1.82, 2.24) is 4.90 Å². The number of benzene rings is 3. The molecule has 180 valence electrons. The Bertz CT molecular complexity index is 1180. The van der Waals surface area contributed by atoms with Crippen LogP contribution in [0.4, 0.5) is 15.8 Å². The van der Waals surface area contributed by atoms with Gasteiger partial charge in [-0.3, -0.25) is 14.5 Å². The van der Waals surface area contributed by atoms with Crippen LogP contribution in [-0.4, -0.2) is 33.7 Å². The van der Waals surface area contributed by atoms with Crippen molar-refractivity contribution in [2.24, 2.45) is 4.99 Å². The zero-order chi connectivity index (χ0) is 24.6. The van der Waals surface area contributed by atoms with Crippen LogP contribution in [0.15, 0.2) is 83.9 Å². The van der Waals surface area contributed by atoms with E-state index < -0.39 is 5.25 Å². The molecule has 0 aromatic heterocycles. The number of nitrogens with zero attached hydrogens (tertiary/aromatic N) is 2. The van der Waals surface area contributed by atoms with Gasteiger partial charge in [-0.25, -0.2) is 9.38 Å². The maximum atomic E-state index is 13.3. The zero-order valence-corrected chi connectivity index (χ0v) is 20.1. The Morgan fingerprint density at radius 3 is 2.49 bits per heavy atom. The van der Waals surface area contributed by atoms with Crippen molar-refractivity contribution in [3.05, 3.63) is 90.2 Å². The molecule has 2 amide bonds. The Morgan fingerprint density at radius 2 is 1.80 bits per heavy atom. The van der Waals surface area contributed by atoms with Gasteiger partial charge in [-0.2, -0.15) is 0 Å². The maximum Gasteiger partial charge on any atom is 0.238 e. The summed E-state index contributed by atoms with van der Waals surface area (Å²) >= 11 is 1.25. The van der Waals surface area contributed by atoms with Crippen LogP contribution in [0.1, 0.15) is 25.3 Å². The van der Waals surface area contributed by atoms with Gasteiger partial charge in [0, 0.05) is 12.1 Å². The molecule has 4 rings (SSSR count). The average molecular weight is 492 g/mol. The minimum Gasteiger partial charge on any atom is -0.494 e. The molecule has 0 aliphatic carbocycles. The number of rotatable bonds is 8. The lowest BCUT2D eigenvalue weighted by Crippen LogP contribution is -2.44. The number of ether oxygens (including phenoxy) is 1. The molecule has 1 atom stereocenters. The van der Waals surface area contributed by atoms with Crippen molar-refractivity contribution in [3.63, 3.8) is 0 Å². The summed E-state index contributed by atoms with van der Waals surface area (Å²) in [7, 11) is 0. The van der Waals surface area contributed by atoms with E-state index in [1.165, 1.54) is 23.9 Å². The lowest BCUT2D eigenvalue weighted by molar-refractivity contribution is -0.129. The number of amidine groups is 1. The first-order valence-electron chi connectivity index (χ1n) is 11.4. The summed E-state index contributed by atoms with van der Waals surface area (Å²) in [5, 5.41) is 2.68. The van der Waals surface area contributed by atoms with Crippen molar-refractivity contribution in [1.29, 1.82) is 0 Å². The van der Waals surface area contributed by atoms with Crippen molar-refractivity contribution >= 4 is 40.1 Å². The third-order valence-corrected chi connectivity index (χ3v) is 6.45. The molecule has 3 aromatic rings. The number of anilines is 1. The van der Waals surface area contributed by atoms with Gasteiger partial charge in [0.1, 0.15) is 16.8 Å². The Kier molecular flexibility index (Phi) is 8.15. The molecule has 3 aromatic carbocycles. The van der Waals surface area contributed by atoms with Crippen LogP contribution in [0.5, 0.6) is 5.75 Å². The van der Waals surface area contributed by atoms with Crippen molar-refractivity contribution in [2.45, 2.75) is 31.6 Å². The lowest BCUT2D eigenvalue weighted by atomic mass is 10.2. The first-order valence-corrected chi connectivity index (χ1v) is 12.3. The lowest BCUT2D eigenvalue weighted by Gasteiger charge is -2.32. The molecule has 8 heteroatoms. The van der Waals surface area contributed by atoms with Gasteiger partial charge in [0.2, 0.25) is 11.8 Å². The number of carbonyl (C=O) groups is 2. The summed E-state index contributed by atoms with van der Waals surface area (Å²) in [4.78, 5) is 32.4. The molecule has 0 radical (unpaired) electrons. The molecule has 0 bridgehead atoms. The quantitative estimate of drug-likeness (QED) is 0.434. The van der Waals surface area contributed by atoms with E-state index in [0.29, 0.717) is 23.1 Å². The van der Waals surface area contributed by atoms with Crippen molar-refractivity contribution in [3.8, 4) is 5.75 Å². The summed E-state index contributed by atoms with van der Waals surface area (Å²) in [6.07, 6.45) is 0.944. The number of halogens is 1. The van der Waals surface area contributed by atoms with Crippen LogP contribution in [-0.2, 0) is 16.1 Å². The van der Waals surface area contributed by atoms with E-state index in [2.05, 4.69) is 10.3 Å². The molecule has 1 aliphatic heterocycles. The molecule has 1 saturated heterocycles. The average Bonchev–Trinajstić information content (AvgIpc) is 2.87. The number of amides is 2. The van der Waals surface area contributed by atoms with E-state index in [0.717, 1.165) is 17.7 Å². The molecule has 6 nitrogen and oxygen atoms in total. The largest absolute Gasteiger partial charge is 0.494 e. The van der Waals surface area contributed by atoms with E-state index in [1.807, 2.05) is 37.3 Å². The van der Waals surface area contributed by atoms with Crippen LogP contribution in [0.3, 0.4) is 0 Å². The van der Waals surface area contributed by atoms with Gasteiger partial charge in [0.15, 0.2) is 5.17 Å². The molecule has 1 aliphatic rings. The first kappa shape index (κ1) is 24.5. The minimum absolute atomic E-state index is 0.0310. The van der Waals surface area contributed by atoms with Crippen LogP contribution < -0.4 is 10.1 Å². The van der Waals surface area contributed by atoms with Gasteiger partial charge >= 0.3 is 0 Å². The van der Waals surface area contributed by atoms with E-state index in [-0.39, 0.29) is 30.6 Å². The number of aliphatic imine (C=N–C) groups is 1. The Balaban J connectivity index is 1.51. The van der Waals surface area contributed by atoms with Crippen molar-refractivity contribution < 1.29 is 18.7 Å². The van der Waals surface area contributed by atoms with E-state index in [4.69, 9.17) is 4.74 Å². The van der Waals surface area contributed by atoms with Gasteiger partial charge in [-0.1, -0.05) is 49.0 Å². The van der Waals surface area contributed by atoms with Gasteiger partial charge in [-0.05, 0) is 60.5 Å². The van der Waals surface area contributed by atoms with Gasteiger partial charge < -0.3 is 10.1 Å². The minimum atomic E-state index is -0.634. The summed E-state index contributed by atoms with van der Waals surface area (Å²) in [6.45, 7) is 2.91. The topological polar surface area (TPSA) is 71.0 Å². The molecule has 0 spiro atoms. The molecular weight excluding hydrogens is 465 g/mol. The van der Waals surface area contributed by atoms with Crippen LogP contribution in [0, 0.1) is 5.82 Å². The van der Waals surface area contributed by atoms with Gasteiger partial charge in [0.05, 0.1) is 18.8 Å². The Labute approximate surface area is 208 Å². The Hall–Kier alpha value is -3.65. The molecular formula is C27H26FN3O3S. The van der Waals surface area contributed by atoms with E-state index >= 15 is 0 Å². The number of hydrogen-bond donors (Lipinski definition) is 1. The molecule has 1 N–H and O–H groups in total. The third kappa shape index (κ3) is 6.70. The summed E-state index contributed by atoms with van der Waals surface area (Å²) in [5.74, 6) is -0.0901. The molecule has 35 heavy (non-hydrogen) atoms. The first-order chi connectivity index (χ1) is 17.0. The SMILES string of the molecule is CCCOc1ccc(NC(=O)C2CC(=O)N(Cc3ccc(F)cc3)C(=Nc3ccccc3)S2)cc1. The number of carbonyl (C=O) groups excluding carboxylic acids is 2. The predicted octanol–water partition coefficient (Wildman–Crippen LogP) is 5.78. The fourth-order valence-corrected chi connectivity index (χ4v) is 4.56. The second-order valence-corrected chi connectivity index (χ2v) is 9.18. The molecule has 1 fully saturated rings. The summed E-state index contributed by atoms with van der Waals surface area (Å²) in [5.41, 5.74) is 2.08. The highest BCUT2D eigenvalue weighted by Crippen LogP contribution is 2.31. The second kappa shape index (κ2) is 11.7. The second-order valence-electron chi connectivity index (χ2n) is 8.01. The monoisotopic (exact) mass is 491 g/mol. The number of hydrogen-bond acceptors (Lipinski definition) is 5. The standard InChI is InChI=1S/C27H26FN3O3S/c1-2-16-34-23-14-12-22(13-15-23)29-26(33)24-17-25(32)31(18-19-8-10-20(28)11-9-19)27(35-24)30-21-6-4-3-5-7-21/h3-15,24H,2,16-18H2,1H3,(H,29,33). The fourth-order valence-electron chi connectivity index (χ4n) is 3.46. The van der Waals surface area contributed by atoms with Crippen LogP contribution in [0.25, 0.3) is 0 Å². The highest BCUT2D eigenvalue weighted by atomic mass is 32.2. The summed E-state index contributed by atoms with van der Waals surface area (Å²) < 4.78 is 18.9. The smallest absolute Gasteiger partial charge is 0.238 e. The molecule has 0 saturated carbocycles. The number of thioether (sulfide) groups is 1. The van der Waals surface area contributed by atoms with E-state index in [1.54, 1.807) is 41.3 Å². The van der Waals surface area contributed by atoms with Gasteiger partial charge in [0.25, 0.3) is 0 Å². The zero-order valence-electron chi connectivity index (χ0n) is 19.3. The van der Waals surface area contributed by atoms with E-state index in [9.17, 15) is 14.0 Å². The fraction of sp³-hybridized carbons (Fsp3) is 0.222. The molecule has 1 unspecified atom stereocenters. The van der Waals surface area contributed by atoms with Crippen LogP contribution in [0.2, 0.25) is 0 Å². The highest BCUT2D eigenvalue weighted by molar-refractivity contribution is 8.15. The Morgan fingerprint density at radius 1 is 1.09 bits per heavy atom. The predicted molar refractivity (Wildman–Crippen MR) is 137 cm³/mol. The highest BCUT2D eigenvalue weighted by Gasteiger charge is 2.36.